The molecule has 0 saturated heterocycles. The van der Waals surface area contributed by atoms with Crippen molar-refractivity contribution in [3.05, 3.63) is 29.8 Å². The van der Waals surface area contributed by atoms with E-state index < -0.39 is 0 Å². The van der Waals surface area contributed by atoms with Crippen LogP contribution < -0.4 is 10.1 Å². The molecule has 1 heterocycles. The molecule has 0 bridgehead atoms. The molecule has 0 radical (unpaired) electrons. The van der Waals surface area contributed by atoms with Crippen LogP contribution in [0, 0.1) is 6.07 Å². The molecule has 0 aromatic heterocycles. The second-order valence-electron chi connectivity index (χ2n) is 4.53. The van der Waals surface area contributed by atoms with Crippen molar-refractivity contribution in [2.24, 2.45) is 0 Å². The largest absolute Gasteiger partial charge is 3.00 e. The van der Waals surface area contributed by atoms with E-state index in [1.807, 2.05) is 25.1 Å². The van der Waals surface area contributed by atoms with Crippen LogP contribution in [0.3, 0.4) is 0 Å². The quantitative estimate of drug-likeness (QED) is 0.808. The van der Waals surface area contributed by atoms with Crippen molar-refractivity contribution >= 4 is 0 Å². The van der Waals surface area contributed by atoms with Gasteiger partial charge in [0.15, 0.2) is 0 Å². The number of hydrogen-bond acceptors (Lipinski definition) is 3. The number of rotatable bonds is 5. The van der Waals surface area contributed by atoms with Crippen LogP contribution in [0.1, 0.15) is 25.3 Å². The van der Waals surface area contributed by atoms with E-state index in [-0.39, 0.29) is 44.9 Å². The van der Waals surface area contributed by atoms with E-state index in [9.17, 15) is 5.11 Å². The van der Waals surface area contributed by atoms with E-state index in [1.165, 1.54) is 5.56 Å². The number of aryl methyl sites for hydroxylation is 1. The third-order valence-corrected chi connectivity index (χ3v) is 3.16. The first-order valence-corrected chi connectivity index (χ1v) is 6.34. The summed E-state index contributed by atoms with van der Waals surface area (Å²) in [5, 5.41) is 12.7. The van der Waals surface area contributed by atoms with E-state index in [2.05, 4.69) is 11.4 Å². The average Bonchev–Trinajstić information content (AvgIpc) is 2.38. The monoisotopic (exact) mass is 323 g/mol. The van der Waals surface area contributed by atoms with Crippen LogP contribution in [-0.4, -0.2) is 30.4 Å². The maximum absolute atomic E-state index is 9.44. The molecular weight excluding hydrogens is 303 g/mol. The Morgan fingerprint density at radius 3 is 3.22 bits per heavy atom. The Morgan fingerprint density at radius 1 is 1.61 bits per heavy atom. The first kappa shape index (κ1) is 16.1. The average molecular weight is 323 g/mol. The van der Waals surface area contributed by atoms with Gasteiger partial charge in [-0.3, -0.25) is 0 Å². The third kappa shape index (κ3) is 4.62. The molecule has 0 amide bonds. The first-order valence-electron chi connectivity index (χ1n) is 6.34. The SMILES string of the molecule is CCC(O)CNCC1CCc2c[c-]ccc2O1.[Y+3]. The predicted molar refractivity (Wildman–Crippen MR) is 67.2 cm³/mol. The van der Waals surface area contributed by atoms with Crippen LogP contribution in [-0.2, 0) is 39.1 Å². The number of hydrogen-bond donors (Lipinski definition) is 2. The number of fused-ring (bicyclic) bond motifs is 1. The van der Waals surface area contributed by atoms with Crippen LogP contribution in [0.15, 0.2) is 18.2 Å². The second kappa shape index (κ2) is 8.26. The Kier molecular flexibility index (Phi) is 7.39. The summed E-state index contributed by atoms with van der Waals surface area (Å²) in [5.74, 6) is 0.984. The molecule has 0 fully saturated rings. The smallest absolute Gasteiger partial charge is 0.514 e. The van der Waals surface area contributed by atoms with Crippen molar-refractivity contribution in [2.75, 3.05) is 13.1 Å². The molecule has 0 spiro atoms. The zero-order valence-electron chi connectivity index (χ0n) is 10.9. The van der Waals surface area contributed by atoms with Crippen molar-refractivity contribution in [1.29, 1.82) is 0 Å². The molecule has 3 nitrogen and oxygen atoms in total. The minimum absolute atomic E-state index is 0. The van der Waals surface area contributed by atoms with Gasteiger partial charge >= 0.3 is 32.7 Å². The fourth-order valence-corrected chi connectivity index (χ4v) is 2.01. The van der Waals surface area contributed by atoms with Gasteiger partial charge in [0.1, 0.15) is 6.10 Å². The van der Waals surface area contributed by atoms with Crippen molar-refractivity contribution in [1.82, 2.24) is 5.32 Å². The van der Waals surface area contributed by atoms with Crippen molar-refractivity contribution in [2.45, 2.75) is 38.4 Å². The summed E-state index contributed by atoms with van der Waals surface area (Å²) in [7, 11) is 0. The molecule has 2 N–H and O–H groups in total. The summed E-state index contributed by atoms with van der Waals surface area (Å²) in [5.41, 5.74) is 1.25. The molecule has 2 atom stereocenters. The van der Waals surface area contributed by atoms with Crippen LogP contribution >= 0.6 is 0 Å². The van der Waals surface area contributed by atoms with Gasteiger partial charge in [0.25, 0.3) is 0 Å². The fraction of sp³-hybridized carbons (Fsp3) is 0.571. The maximum Gasteiger partial charge on any atom is 3.00 e. The minimum atomic E-state index is -0.250. The van der Waals surface area contributed by atoms with Gasteiger partial charge in [-0.05, 0) is 12.8 Å². The Balaban J connectivity index is 0.00000162. The number of aliphatic hydroxyl groups is 1. The van der Waals surface area contributed by atoms with Crippen molar-refractivity contribution < 1.29 is 42.6 Å². The Morgan fingerprint density at radius 2 is 2.44 bits per heavy atom. The Bertz CT molecular complexity index is 359. The van der Waals surface area contributed by atoms with Gasteiger partial charge in [-0.25, -0.2) is 0 Å². The first-order chi connectivity index (χ1) is 8.29. The fourth-order valence-electron chi connectivity index (χ4n) is 2.01. The van der Waals surface area contributed by atoms with Gasteiger partial charge < -0.3 is 15.2 Å². The number of nitrogens with one attached hydrogen (secondary N) is 1. The van der Waals surface area contributed by atoms with E-state index in [1.54, 1.807) is 0 Å². The van der Waals surface area contributed by atoms with Crippen LogP contribution in [0.2, 0.25) is 0 Å². The van der Waals surface area contributed by atoms with E-state index >= 15 is 0 Å². The molecule has 1 aromatic carbocycles. The van der Waals surface area contributed by atoms with Gasteiger partial charge in [-0.2, -0.15) is 18.2 Å². The third-order valence-electron chi connectivity index (χ3n) is 3.16. The van der Waals surface area contributed by atoms with Crippen LogP contribution in [0.4, 0.5) is 0 Å². The summed E-state index contributed by atoms with van der Waals surface area (Å²) in [6, 6.07) is 8.93. The summed E-state index contributed by atoms with van der Waals surface area (Å²) in [4.78, 5) is 0. The predicted octanol–water partition coefficient (Wildman–Crippen LogP) is 1.54. The van der Waals surface area contributed by atoms with E-state index in [0.717, 1.165) is 31.6 Å². The molecule has 2 rings (SSSR count). The molecule has 1 aliphatic heterocycles. The van der Waals surface area contributed by atoms with Gasteiger partial charge in [0.05, 0.1) is 6.10 Å². The summed E-state index contributed by atoms with van der Waals surface area (Å²) < 4.78 is 5.88. The Hall–Kier alpha value is 0.0439. The number of ether oxygens (including phenoxy) is 1. The van der Waals surface area contributed by atoms with E-state index in [4.69, 9.17) is 4.74 Å². The number of benzene rings is 1. The number of aliphatic hydroxyl groups excluding tert-OH is 1. The zero-order valence-corrected chi connectivity index (χ0v) is 13.7. The van der Waals surface area contributed by atoms with Gasteiger partial charge in [0, 0.05) is 18.8 Å². The van der Waals surface area contributed by atoms with E-state index in [0.29, 0.717) is 6.54 Å². The topological polar surface area (TPSA) is 41.5 Å². The molecule has 4 heteroatoms. The molecule has 0 saturated carbocycles. The molecule has 18 heavy (non-hydrogen) atoms. The van der Waals surface area contributed by atoms with Crippen molar-refractivity contribution in [3.63, 3.8) is 0 Å². The Labute approximate surface area is 134 Å². The normalized spacial score (nSPS) is 19.3. The zero-order chi connectivity index (χ0) is 12.1. The summed E-state index contributed by atoms with van der Waals surface area (Å²) in [6.07, 6.45) is 2.83. The van der Waals surface area contributed by atoms with Gasteiger partial charge in [-0.1, -0.05) is 13.3 Å². The molecular formula is C14H20NO2Y+2. The molecule has 2 unspecified atom stereocenters. The maximum atomic E-state index is 9.44. The molecule has 94 valence electrons. The van der Waals surface area contributed by atoms with Gasteiger partial charge in [0.2, 0.25) is 0 Å². The van der Waals surface area contributed by atoms with Crippen LogP contribution in [0.25, 0.3) is 0 Å². The minimum Gasteiger partial charge on any atom is -0.514 e. The summed E-state index contributed by atoms with van der Waals surface area (Å²) in [6.45, 7) is 3.43. The summed E-state index contributed by atoms with van der Waals surface area (Å²) >= 11 is 0. The standard InChI is InChI=1S/C14H20NO2.Y/c1-2-12(16)9-15-10-13-8-7-11-5-3-4-6-14(11)17-13;/h4-6,12-13,15-16H,2,7-10H2,1H3;/q-1;+3. The molecule has 1 aliphatic rings. The van der Waals surface area contributed by atoms with Gasteiger partial charge in [-0.15, -0.1) is 11.6 Å². The second-order valence-corrected chi connectivity index (χ2v) is 4.53. The molecule has 1 aromatic rings. The molecule has 0 aliphatic carbocycles. The van der Waals surface area contributed by atoms with Crippen molar-refractivity contribution in [3.8, 4) is 5.75 Å². The van der Waals surface area contributed by atoms with Crippen LogP contribution in [0.5, 0.6) is 5.75 Å².